The monoisotopic (exact) mass is 593 g/mol. The van der Waals surface area contributed by atoms with Crippen LogP contribution in [0.3, 0.4) is 0 Å². The fraction of sp³-hybridized carbons (Fsp3) is 0.103. The number of hydrogen-bond donors (Lipinski definition) is 0. The second-order valence-corrected chi connectivity index (χ2v) is 10.7. The summed E-state index contributed by atoms with van der Waals surface area (Å²) in [6, 6.07) is 24.1. The van der Waals surface area contributed by atoms with Gasteiger partial charge >= 0.3 is 0 Å². The van der Waals surface area contributed by atoms with Crippen LogP contribution in [0.15, 0.2) is 88.2 Å². The number of carbonyl (C=O) groups excluding carboxylic acids is 1. The molecular formula is C29H21BrFNO3S2. The quantitative estimate of drug-likeness (QED) is 0.160. The number of nitrogens with zero attached hydrogens (tertiary/aromatic N) is 1. The average Bonchev–Trinajstić information content (AvgIpc) is 3.16. The van der Waals surface area contributed by atoms with Crippen LogP contribution in [0.1, 0.15) is 18.1 Å². The van der Waals surface area contributed by atoms with Crippen LogP contribution in [-0.2, 0) is 11.4 Å². The van der Waals surface area contributed by atoms with E-state index in [4.69, 9.17) is 21.7 Å². The summed E-state index contributed by atoms with van der Waals surface area (Å²) in [6.45, 7) is 2.70. The molecule has 0 radical (unpaired) electrons. The number of rotatable bonds is 7. The molecule has 1 fully saturated rings. The third-order valence-electron chi connectivity index (χ3n) is 5.77. The third-order valence-corrected chi connectivity index (χ3v) is 7.66. The first kappa shape index (κ1) is 25.4. The smallest absolute Gasteiger partial charge is 0.270 e. The summed E-state index contributed by atoms with van der Waals surface area (Å²) in [5, 5.41) is 2.28. The van der Waals surface area contributed by atoms with Gasteiger partial charge in [0.2, 0.25) is 0 Å². The Morgan fingerprint density at radius 3 is 2.59 bits per heavy atom. The minimum atomic E-state index is -0.505. The Bertz CT molecular complexity index is 1550. The molecular weight excluding hydrogens is 573 g/mol. The molecule has 37 heavy (non-hydrogen) atoms. The van der Waals surface area contributed by atoms with Gasteiger partial charge in [-0.25, -0.2) is 4.39 Å². The van der Waals surface area contributed by atoms with Gasteiger partial charge in [0.15, 0.2) is 15.8 Å². The van der Waals surface area contributed by atoms with Crippen LogP contribution in [0.4, 0.5) is 10.1 Å². The van der Waals surface area contributed by atoms with E-state index in [1.54, 1.807) is 18.2 Å². The van der Waals surface area contributed by atoms with Crippen LogP contribution < -0.4 is 14.4 Å². The highest BCUT2D eigenvalue weighted by Gasteiger charge is 2.34. The molecule has 1 saturated heterocycles. The van der Waals surface area contributed by atoms with Crippen molar-refractivity contribution in [2.45, 2.75) is 13.5 Å². The van der Waals surface area contributed by atoms with Crippen LogP contribution >= 0.6 is 39.9 Å². The van der Waals surface area contributed by atoms with Gasteiger partial charge in [-0.2, -0.15) is 0 Å². The molecule has 1 aliphatic rings. The summed E-state index contributed by atoms with van der Waals surface area (Å²) in [5.74, 6) is 0.248. The topological polar surface area (TPSA) is 38.8 Å². The SMILES string of the molecule is CCOc1cc(/C=C2\SC(=S)N(c3ccccc3F)C2=O)cc(Br)c1OCc1cccc2ccccc12. The molecule has 186 valence electrons. The van der Waals surface area contributed by atoms with Gasteiger partial charge in [-0.1, -0.05) is 78.6 Å². The first-order valence-corrected chi connectivity index (χ1v) is 13.6. The van der Waals surface area contributed by atoms with E-state index in [1.807, 2.05) is 43.3 Å². The first-order chi connectivity index (χ1) is 18.0. The van der Waals surface area contributed by atoms with Crippen molar-refractivity contribution >= 4 is 72.7 Å². The minimum absolute atomic E-state index is 0.141. The number of halogens is 2. The van der Waals surface area contributed by atoms with Crippen molar-refractivity contribution in [2.24, 2.45) is 0 Å². The molecule has 0 aromatic heterocycles. The Kier molecular flexibility index (Phi) is 7.60. The molecule has 4 nitrogen and oxygen atoms in total. The number of amides is 1. The van der Waals surface area contributed by atoms with E-state index in [9.17, 15) is 9.18 Å². The molecule has 0 saturated carbocycles. The Labute approximate surface area is 232 Å². The van der Waals surface area contributed by atoms with Gasteiger partial charge in [-0.15, -0.1) is 0 Å². The number of para-hydroxylation sites is 1. The molecule has 0 aliphatic carbocycles. The van der Waals surface area contributed by atoms with E-state index in [-0.39, 0.29) is 15.9 Å². The van der Waals surface area contributed by atoms with E-state index in [0.29, 0.717) is 34.1 Å². The molecule has 1 amide bonds. The van der Waals surface area contributed by atoms with Crippen LogP contribution in [0, 0.1) is 5.82 Å². The van der Waals surface area contributed by atoms with Crippen LogP contribution in [0.5, 0.6) is 11.5 Å². The van der Waals surface area contributed by atoms with Crippen molar-refractivity contribution in [3.63, 3.8) is 0 Å². The lowest BCUT2D eigenvalue weighted by atomic mass is 10.1. The van der Waals surface area contributed by atoms with Crippen molar-refractivity contribution in [1.82, 2.24) is 0 Å². The fourth-order valence-corrected chi connectivity index (χ4v) is 5.96. The van der Waals surface area contributed by atoms with Gasteiger partial charge in [0.25, 0.3) is 5.91 Å². The maximum absolute atomic E-state index is 14.3. The number of thioether (sulfide) groups is 1. The largest absolute Gasteiger partial charge is 0.490 e. The fourth-order valence-electron chi connectivity index (χ4n) is 4.10. The number of anilines is 1. The van der Waals surface area contributed by atoms with Crippen LogP contribution in [-0.4, -0.2) is 16.8 Å². The third kappa shape index (κ3) is 5.28. The number of ether oxygens (including phenoxy) is 2. The number of fused-ring (bicyclic) bond motifs is 1. The molecule has 0 N–H and O–H groups in total. The highest BCUT2D eigenvalue weighted by atomic mass is 79.9. The number of thiocarbonyl (C=S) groups is 1. The highest BCUT2D eigenvalue weighted by molar-refractivity contribution is 9.10. The van der Waals surface area contributed by atoms with E-state index in [0.717, 1.165) is 33.7 Å². The van der Waals surface area contributed by atoms with Crippen molar-refractivity contribution in [3.8, 4) is 11.5 Å². The molecule has 5 rings (SSSR count). The second-order valence-electron chi connectivity index (χ2n) is 8.16. The summed E-state index contributed by atoms with van der Waals surface area (Å²) in [4.78, 5) is 14.7. The zero-order chi connectivity index (χ0) is 25.9. The average molecular weight is 595 g/mol. The maximum Gasteiger partial charge on any atom is 0.270 e. The van der Waals surface area contributed by atoms with Gasteiger partial charge in [-0.05, 0) is 75.1 Å². The van der Waals surface area contributed by atoms with Gasteiger partial charge in [-0.3, -0.25) is 9.69 Å². The highest BCUT2D eigenvalue weighted by Crippen LogP contribution is 2.41. The van der Waals surface area contributed by atoms with E-state index in [1.165, 1.54) is 17.0 Å². The molecule has 0 unspecified atom stereocenters. The Hall–Kier alpha value is -3.20. The number of carbonyl (C=O) groups is 1. The lowest BCUT2D eigenvalue weighted by Crippen LogP contribution is -2.28. The van der Waals surface area contributed by atoms with Crippen LogP contribution in [0.25, 0.3) is 16.8 Å². The summed E-state index contributed by atoms with van der Waals surface area (Å²) < 4.78 is 27.4. The lowest BCUT2D eigenvalue weighted by Gasteiger charge is -2.16. The molecule has 8 heteroatoms. The number of hydrogen-bond acceptors (Lipinski definition) is 5. The van der Waals surface area contributed by atoms with E-state index < -0.39 is 5.82 Å². The van der Waals surface area contributed by atoms with E-state index >= 15 is 0 Å². The lowest BCUT2D eigenvalue weighted by molar-refractivity contribution is -0.113. The zero-order valence-electron chi connectivity index (χ0n) is 19.7. The van der Waals surface area contributed by atoms with Gasteiger partial charge < -0.3 is 9.47 Å². The number of benzene rings is 4. The van der Waals surface area contributed by atoms with E-state index in [2.05, 4.69) is 34.1 Å². The summed E-state index contributed by atoms with van der Waals surface area (Å²) in [5.41, 5.74) is 1.93. The first-order valence-electron chi connectivity index (χ1n) is 11.5. The van der Waals surface area contributed by atoms with Gasteiger partial charge in [0, 0.05) is 0 Å². The summed E-state index contributed by atoms with van der Waals surface area (Å²) in [6.07, 6.45) is 1.72. The minimum Gasteiger partial charge on any atom is -0.490 e. The predicted octanol–water partition coefficient (Wildman–Crippen LogP) is 8.12. The molecule has 0 atom stereocenters. The zero-order valence-corrected chi connectivity index (χ0v) is 23.0. The van der Waals surface area contributed by atoms with Crippen molar-refractivity contribution in [3.05, 3.63) is 105 Å². The maximum atomic E-state index is 14.3. The standard InChI is InChI=1S/C29H21BrFNO3S2/c1-2-34-25-15-18(16-26-28(33)32(29(36)37-26)24-13-6-5-12-23(24)31)14-22(30)27(25)35-17-20-10-7-9-19-8-3-4-11-21(19)20/h3-16H,2,17H2,1H3/b26-16-. The predicted molar refractivity (Wildman–Crippen MR) is 156 cm³/mol. The molecule has 0 bridgehead atoms. The summed E-state index contributed by atoms with van der Waals surface area (Å²) >= 11 is 10.1. The van der Waals surface area contributed by atoms with Gasteiger partial charge in [0.05, 0.1) is 21.7 Å². The second kappa shape index (κ2) is 11.0. The Morgan fingerprint density at radius 1 is 1.03 bits per heavy atom. The molecule has 1 heterocycles. The molecule has 4 aromatic rings. The molecule has 0 spiro atoms. The van der Waals surface area contributed by atoms with Gasteiger partial charge in [0.1, 0.15) is 12.4 Å². The Balaban J connectivity index is 1.43. The van der Waals surface area contributed by atoms with Crippen molar-refractivity contribution in [1.29, 1.82) is 0 Å². The van der Waals surface area contributed by atoms with Crippen molar-refractivity contribution < 1.29 is 18.7 Å². The Morgan fingerprint density at radius 2 is 1.78 bits per heavy atom. The van der Waals surface area contributed by atoms with Crippen LogP contribution in [0.2, 0.25) is 0 Å². The van der Waals surface area contributed by atoms with Crippen molar-refractivity contribution in [2.75, 3.05) is 11.5 Å². The molecule has 4 aromatic carbocycles. The summed E-state index contributed by atoms with van der Waals surface area (Å²) in [7, 11) is 0. The normalized spacial score (nSPS) is 14.6. The molecule has 1 aliphatic heterocycles.